The number of Topliss-reactive ketones (excluding diaryl/α,β-unsaturated/α-hetero) is 1. The second kappa shape index (κ2) is 14.8. The Labute approximate surface area is 240 Å². The SMILES string of the molecule is COc1ccnc(C(=O)C[C@@H](C)C(=O)O[C@@H](C)[C@H](Oc2ccc(-c3ccccc3)cc2)C(C)C)c1OCOC(C)=O. The van der Waals surface area contributed by atoms with Crippen LogP contribution in [0.1, 0.15) is 51.5 Å². The summed E-state index contributed by atoms with van der Waals surface area (Å²) in [5.74, 6) is -1.31. The van der Waals surface area contributed by atoms with Crippen LogP contribution >= 0.6 is 0 Å². The normalized spacial score (nSPS) is 13.0. The van der Waals surface area contributed by atoms with Crippen molar-refractivity contribution in [2.24, 2.45) is 11.8 Å². The zero-order chi connectivity index (χ0) is 29.9. The quantitative estimate of drug-likeness (QED) is 0.134. The maximum Gasteiger partial charge on any atom is 0.309 e. The number of carbonyl (C=O) groups is 3. The van der Waals surface area contributed by atoms with Crippen LogP contribution in [0, 0.1) is 11.8 Å². The van der Waals surface area contributed by atoms with E-state index in [4.69, 9.17) is 23.7 Å². The topological polar surface area (TPSA) is 110 Å². The number of methoxy groups -OCH3 is 1. The van der Waals surface area contributed by atoms with Gasteiger partial charge in [0, 0.05) is 25.6 Å². The molecule has 41 heavy (non-hydrogen) atoms. The lowest BCUT2D eigenvalue weighted by atomic mass is 10.0. The van der Waals surface area contributed by atoms with Gasteiger partial charge in [0.25, 0.3) is 0 Å². The molecule has 0 aliphatic rings. The van der Waals surface area contributed by atoms with Gasteiger partial charge in [0.1, 0.15) is 18.0 Å². The number of ether oxygens (including phenoxy) is 5. The highest BCUT2D eigenvalue weighted by molar-refractivity contribution is 5.99. The number of rotatable bonds is 14. The first kappa shape index (κ1) is 31.1. The minimum atomic E-state index is -0.766. The number of pyridine rings is 1. The van der Waals surface area contributed by atoms with E-state index in [0.29, 0.717) is 5.75 Å². The van der Waals surface area contributed by atoms with Crippen molar-refractivity contribution in [1.82, 2.24) is 4.98 Å². The molecule has 0 radical (unpaired) electrons. The van der Waals surface area contributed by atoms with Gasteiger partial charge in [-0.05, 0) is 36.1 Å². The minimum Gasteiger partial charge on any atom is -0.493 e. The Bertz CT molecular complexity index is 1310. The van der Waals surface area contributed by atoms with Gasteiger partial charge in [-0.25, -0.2) is 4.98 Å². The molecule has 3 rings (SSSR count). The molecule has 0 amide bonds. The van der Waals surface area contributed by atoms with Crippen LogP contribution in [0.5, 0.6) is 17.2 Å². The van der Waals surface area contributed by atoms with Crippen LogP contribution in [0.3, 0.4) is 0 Å². The van der Waals surface area contributed by atoms with Crippen molar-refractivity contribution in [2.75, 3.05) is 13.9 Å². The number of aromatic nitrogens is 1. The van der Waals surface area contributed by atoms with Gasteiger partial charge in [-0.2, -0.15) is 0 Å². The third kappa shape index (κ3) is 8.79. The van der Waals surface area contributed by atoms with Crippen molar-refractivity contribution in [1.29, 1.82) is 0 Å². The average molecular weight is 564 g/mol. The Hall–Kier alpha value is -4.40. The van der Waals surface area contributed by atoms with E-state index in [-0.39, 0.29) is 29.5 Å². The van der Waals surface area contributed by atoms with Crippen LogP contribution < -0.4 is 14.2 Å². The molecule has 1 aromatic heterocycles. The third-order valence-electron chi connectivity index (χ3n) is 6.37. The fourth-order valence-corrected chi connectivity index (χ4v) is 4.21. The van der Waals surface area contributed by atoms with Crippen LogP contribution in [0.2, 0.25) is 0 Å². The first-order valence-electron chi connectivity index (χ1n) is 13.5. The van der Waals surface area contributed by atoms with E-state index in [0.717, 1.165) is 11.1 Å². The lowest BCUT2D eigenvalue weighted by Gasteiger charge is -2.29. The van der Waals surface area contributed by atoms with Crippen molar-refractivity contribution in [2.45, 2.75) is 53.2 Å². The van der Waals surface area contributed by atoms with Gasteiger partial charge in [-0.1, -0.05) is 63.2 Å². The molecule has 0 spiro atoms. The van der Waals surface area contributed by atoms with Crippen LogP contribution in [-0.4, -0.2) is 48.8 Å². The van der Waals surface area contributed by atoms with Crippen molar-refractivity contribution < 1.29 is 38.1 Å². The highest BCUT2D eigenvalue weighted by Gasteiger charge is 2.30. The molecule has 9 nitrogen and oxygen atoms in total. The van der Waals surface area contributed by atoms with Crippen LogP contribution in [0.25, 0.3) is 11.1 Å². The summed E-state index contributed by atoms with van der Waals surface area (Å²) in [5, 5.41) is 0. The lowest BCUT2D eigenvalue weighted by molar-refractivity contribution is -0.158. The van der Waals surface area contributed by atoms with E-state index in [2.05, 4.69) is 4.98 Å². The maximum absolute atomic E-state index is 13.1. The number of hydrogen-bond acceptors (Lipinski definition) is 9. The molecule has 2 aromatic carbocycles. The third-order valence-corrected chi connectivity index (χ3v) is 6.37. The number of ketones is 1. The molecule has 0 aliphatic carbocycles. The largest absolute Gasteiger partial charge is 0.493 e. The van der Waals surface area contributed by atoms with Crippen molar-refractivity contribution >= 4 is 17.7 Å². The van der Waals surface area contributed by atoms with E-state index in [9.17, 15) is 14.4 Å². The van der Waals surface area contributed by atoms with Crippen LogP contribution in [0.15, 0.2) is 66.9 Å². The van der Waals surface area contributed by atoms with E-state index in [1.807, 2.05) is 68.4 Å². The summed E-state index contributed by atoms with van der Waals surface area (Å²) in [7, 11) is 1.41. The zero-order valence-corrected chi connectivity index (χ0v) is 24.3. The molecule has 218 valence electrons. The van der Waals surface area contributed by atoms with Gasteiger partial charge < -0.3 is 23.7 Å². The molecule has 9 heteroatoms. The van der Waals surface area contributed by atoms with Gasteiger partial charge in [0.2, 0.25) is 6.79 Å². The fourth-order valence-electron chi connectivity index (χ4n) is 4.21. The summed E-state index contributed by atoms with van der Waals surface area (Å²) >= 11 is 0. The van der Waals surface area contributed by atoms with E-state index < -0.39 is 42.6 Å². The zero-order valence-electron chi connectivity index (χ0n) is 24.3. The van der Waals surface area contributed by atoms with E-state index in [1.165, 1.54) is 26.3 Å². The molecule has 3 aromatic rings. The first-order valence-corrected chi connectivity index (χ1v) is 13.5. The van der Waals surface area contributed by atoms with Crippen LogP contribution in [0.4, 0.5) is 0 Å². The summed E-state index contributed by atoms with van der Waals surface area (Å²) in [6.07, 6.45) is 0.230. The summed E-state index contributed by atoms with van der Waals surface area (Å²) in [4.78, 5) is 41.3. The van der Waals surface area contributed by atoms with Crippen molar-refractivity contribution in [3.05, 3.63) is 72.6 Å². The Balaban J connectivity index is 1.63. The van der Waals surface area contributed by atoms with Gasteiger partial charge in [0.05, 0.1) is 13.0 Å². The van der Waals surface area contributed by atoms with E-state index in [1.54, 1.807) is 13.8 Å². The maximum atomic E-state index is 13.1. The molecule has 1 heterocycles. The second-order valence-electron chi connectivity index (χ2n) is 9.98. The number of benzene rings is 2. The molecule has 0 aliphatic heterocycles. The Morgan fingerprint density at radius 3 is 2.15 bits per heavy atom. The van der Waals surface area contributed by atoms with Gasteiger partial charge >= 0.3 is 11.9 Å². The second-order valence-corrected chi connectivity index (χ2v) is 9.98. The summed E-state index contributed by atoms with van der Waals surface area (Å²) < 4.78 is 27.5. The number of carbonyl (C=O) groups excluding carboxylic acids is 3. The van der Waals surface area contributed by atoms with Gasteiger partial charge in [-0.3, -0.25) is 14.4 Å². The van der Waals surface area contributed by atoms with Crippen molar-refractivity contribution in [3.8, 4) is 28.4 Å². The van der Waals surface area contributed by atoms with Crippen molar-refractivity contribution in [3.63, 3.8) is 0 Å². The fraction of sp³-hybridized carbons (Fsp3) is 0.375. The average Bonchev–Trinajstić information content (AvgIpc) is 2.96. The smallest absolute Gasteiger partial charge is 0.309 e. The predicted octanol–water partition coefficient (Wildman–Crippen LogP) is 5.90. The lowest BCUT2D eigenvalue weighted by Crippen LogP contribution is -2.38. The van der Waals surface area contributed by atoms with Gasteiger partial charge in [-0.15, -0.1) is 0 Å². The molecule has 0 N–H and O–H groups in total. The summed E-state index contributed by atoms with van der Waals surface area (Å²) in [5.41, 5.74) is 2.14. The molecule has 0 saturated carbocycles. The Morgan fingerprint density at radius 2 is 1.54 bits per heavy atom. The molecular weight excluding hydrogens is 526 g/mol. The monoisotopic (exact) mass is 563 g/mol. The summed E-state index contributed by atoms with van der Waals surface area (Å²) in [6, 6.07) is 19.3. The van der Waals surface area contributed by atoms with Gasteiger partial charge in [0.15, 0.2) is 23.0 Å². The highest BCUT2D eigenvalue weighted by atomic mass is 16.7. The molecule has 0 fully saturated rings. The molecule has 0 bridgehead atoms. The molecule has 0 saturated heterocycles. The Morgan fingerprint density at radius 1 is 0.878 bits per heavy atom. The van der Waals surface area contributed by atoms with Crippen LogP contribution in [-0.2, 0) is 19.1 Å². The Kier molecular flexibility index (Phi) is 11.3. The number of esters is 2. The predicted molar refractivity (Wildman–Crippen MR) is 153 cm³/mol. The standard InChI is InChI=1S/C32H37NO8/c1-20(2)30(41-26-14-12-25(13-15-26)24-10-8-7-9-11-24)22(4)40-32(36)21(3)18-27(35)29-31(39-19-38-23(5)34)28(37-6)16-17-33-29/h7-17,20-22,30H,18-19H2,1-6H3/t21-,22+,30-/m1/s1. The molecule has 3 atom stereocenters. The molecule has 0 unspecified atom stereocenters. The minimum absolute atomic E-state index is 0.0294. The first-order chi connectivity index (χ1) is 19.6. The van der Waals surface area contributed by atoms with E-state index >= 15 is 0 Å². The summed E-state index contributed by atoms with van der Waals surface area (Å²) in [6.45, 7) is 8.19. The molecular formula is C32H37NO8. The highest BCUT2D eigenvalue weighted by Crippen LogP contribution is 2.31. The number of nitrogens with zero attached hydrogens (tertiary/aromatic N) is 1. The number of hydrogen-bond donors (Lipinski definition) is 0.